The monoisotopic (exact) mass is 374 g/mol. The number of ether oxygens (including phenoxy) is 3. The van der Waals surface area contributed by atoms with Gasteiger partial charge in [0.2, 0.25) is 0 Å². The van der Waals surface area contributed by atoms with Gasteiger partial charge in [0.1, 0.15) is 11.5 Å². The Hall–Kier alpha value is -3.62. The molecule has 9 nitrogen and oxygen atoms in total. The van der Waals surface area contributed by atoms with E-state index in [1.165, 1.54) is 39.3 Å². The second-order valence-corrected chi connectivity index (χ2v) is 5.40. The van der Waals surface area contributed by atoms with E-state index in [-0.39, 0.29) is 16.8 Å². The third kappa shape index (κ3) is 4.72. The number of benzene rings is 2. The fourth-order valence-corrected chi connectivity index (χ4v) is 2.34. The van der Waals surface area contributed by atoms with Crippen LogP contribution in [-0.4, -0.2) is 37.6 Å². The van der Waals surface area contributed by atoms with Crippen LogP contribution < -0.4 is 14.8 Å². The third-order valence-electron chi connectivity index (χ3n) is 3.74. The molecule has 0 atom stereocenters. The van der Waals surface area contributed by atoms with Crippen LogP contribution in [0.3, 0.4) is 0 Å². The zero-order valence-corrected chi connectivity index (χ0v) is 15.0. The van der Waals surface area contributed by atoms with E-state index in [9.17, 15) is 19.7 Å². The molecule has 1 amide bonds. The van der Waals surface area contributed by atoms with Crippen molar-refractivity contribution in [3.8, 4) is 11.5 Å². The molecule has 2 aromatic carbocycles. The van der Waals surface area contributed by atoms with Crippen molar-refractivity contribution in [2.24, 2.45) is 0 Å². The molecule has 0 aliphatic carbocycles. The van der Waals surface area contributed by atoms with Crippen LogP contribution in [0.5, 0.6) is 11.5 Å². The van der Waals surface area contributed by atoms with Gasteiger partial charge in [0.15, 0.2) is 6.61 Å². The summed E-state index contributed by atoms with van der Waals surface area (Å²) >= 11 is 0. The van der Waals surface area contributed by atoms with Crippen LogP contribution in [0.15, 0.2) is 36.4 Å². The predicted molar refractivity (Wildman–Crippen MR) is 96.3 cm³/mol. The van der Waals surface area contributed by atoms with Crippen molar-refractivity contribution in [3.05, 3.63) is 57.6 Å². The first-order valence-corrected chi connectivity index (χ1v) is 7.80. The van der Waals surface area contributed by atoms with Gasteiger partial charge in [0, 0.05) is 17.7 Å². The summed E-state index contributed by atoms with van der Waals surface area (Å²) in [7, 11) is 2.94. The van der Waals surface area contributed by atoms with Gasteiger partial charge in [-0.3, -0.25) is 14.9 Å². The van der Waals surface area contributed by atoms with Gasteiger partial charge < -0.3 is 19.5 Å². The van der Waals surface area contributed by atoms with Gasteiger partial charge in [-0.05, 0) is 25.1 Å². The molecule has 0 saturated carbocycles. The summed E-state index contributed by atoms with van der Waals surface area (Å²) in [6, 6.07) is 8.88. The van der Waals surface area contributed by atoms with Crippen molar-refractivity contribution in [3.63, 3.8) is 0 Å². The molecule has 0 radical (unpaired) electrons. The average Bonchev–Trinajstić information content (AvgIpc) is 2.66. The van der Waals surface area contributed by atoms with Crippen LogP contribution in [0.2, 0.25) is 0 Å². The number of carbonyl (C=O) groups excluding carboxylic acids is 2. The Balaban J connectivity index is 2.03. The molecule has 0 aromatic heterocycles. The number of anilines is 1. The fraction of sp³-hybridized carbons (Fsp3) is 0.222. The summed E-state index contributed by atoms with van der Waals surface area (Å²) in [4.78, 5) is 34.5. The van der Waals surface area contributed by atoms with E-state index in [0.717, 1.165) is 0 Å². The Morgan fingerprint density at radius 2 is 1.89 bits per heavy atom. The zero-order valence-electron chi connectivity index (χ0n) is 15.0. The van der Waals surface area contributed by atoms with Gasteiger partial charge in [-0.1, -0.05) is 6.07 Å². The standard InChI is InChI=1S/C18H18N2O7/c1-11-13(5-4-6-15(11)20(23)24)18(22)27-10-17(21)19-14-8-7-12(25-2)9-16(14)26-3/h4-9H,10H2,1-3H3,(H,19,21). The highest BCUT2D eigenvalue weighted by Gasteiger charge is 2.20. The van der Waals surface area contributed by atoms with E-state index in [1.54, 1.807) is 18.2 Å². The molecule has 1 N–H and O–H groups in total. The highest BCUT2D eigenvalue weighted by molar-refractivity contribution is 5.97. The number of nitrogens with one attached hydrogen (secondary N) is 1. The number of nitro benzene ring substituents is 1. The van der Waals surface area contributed by atoms with E-state index in [2.05, 4.69) is 5.32 Å². The maximum absolute atomic E-state index is 12.1. The Bertz CT molecular complexity index is 880. The number of carbonyl (C=O) groups is 2. The largest absolute Gasteiger partial charge is 0.497 e. The van der Waals surface area contributed by atoms with Crippen LogP contribution in [0, 0.1) is 17.0 Å². The number of nitrogens with zero attached hydrogens (tertiary/aromatic N) is 1. The lowest BCUT2D eigenvalue weighted by molar-refractivity contribution is -0.385. The minimum Gasteiger partial charge on any atom is -0.497 e. The van der Waals surface area contributed by atoms with Crippen molar-refractivity contribution in [2.75, 3.05) is 26.1 Å². The van der Waals surface area contributed by atoms with Gasteiger partial charge in [-0.2, -0.15) is 0 Å². The van der Waals surface area contributed by atoms with Gasteiger partial charge in [-0.25, -0.2) is 4.79 Å². The average molecular weight is 374 g/mol. The van der Waals surface area contributed by atoms with Crippen molar-refractivity contribution >= 4 is 23.3 Å². The van der Waals surface area contributed by atoms with Crippen molar-refractivity contribution in [1.82, 2.24) is 0 Å². The first kappa shape index (κ1) is 19.7. The lowest BCUT2D eigenvalue weighted by atomic mass is 10.1. The van der Waals surface area contributed by atoms with E-state index in [1.807, 2.05) is 0 Å². The molecule has 2 aromatic rings. The number of nitro groups is 1. The van der Waals surface area contributed by atoms with Crippen molar-refractivity contribution in [1.29, 1.82) is 0 Å². The van der Waals surface area contributed by atoms with E-state index in [0.29, 0.717) is 17.2 Å². The Morgan fingerprint density at radius 3 is 2.52 bits per heavy atom. The Labute approximate surface area is 155 Å². The molecular weight excluding hydrogens is 356 g/mol. The number of hydrogen-bond acceptors (Lipinski definition) is 7. The highest BCUT2D eigenvalue weighted by Crippen LogP contribution is 2.29. The lowest BCUT2D eigenvalue weighted by Crippen LogP contribution is -2.21. The Kier molecular flexibility index (Phi) is 6.32. The topological polar surface area (TPSA) is 117 Å². The molecule has 0 fully saturated rings. The summed E-state index contributed by atoms with van der Waals surface area (Å²) < 4.78 is 15.2. The molecular formula is C18H18N2O7. The second-order valence-electron chi connectivity index (χ2n) is 5.40. The number of methoxy groups -OCH3 is 2. The van der Waals surface area contributed by atoms with Crippen LogP contribution >= 0.6 is 0 Å². The lowest BCUT2D eigenvalue weighted by Gasteiger charge is -2.12. The molecule has 0 aliphatic heterocycles. The minimum absolute atomic E-state index is 0.0269. The molecule has 0 aliphatic rings. The minimum atomic E-state index is -0.826. The van der Waals surface area contributed by atoms with Gasteiger partial charge in [0.05, 0.1) is 30.4 Å². The van der Waals surface area contributed by atoms with Crippen LogP contribution in [-0.2, 0) is 9.53 Å². The third-order valence-corrected chi connectivity index (χ3v) is 3.74. The summed E-state index contributed by atoms with van der Waals surface area (Å²) in [6.07, 6.45) is 0. The molecule has 27 heavy (non-hydrogen) atoms. The SMILES string of the molecule is COc1ccc(NC(=O)COC(=O)c2cccc([N+](=O)[O-])c2C)c(OC)c1. The molecule has 0 unspecified atom stereocenters. The van der Waals surface area contributed by atoms with Gasteiger partial charge >= 0.3 is 5.97 Å². The molecule has 0 bridgehead atoms. The van der Waals surface area contributed by atoms with Gasteiger partial charge in [0.25, 0.3) is 11.6 Å². The summed E-state index contributed by atoms with van der Waals surface area (Å²) in [5, 5.41) is 13.5. The van der Waals surface area contributed by atoms with Gasteiger partial charge in [-0.15, -0.1) is 0 Å². The number of amides is 1. The fourth-order valence-electron chi connectivity index (χ4n) is 2.34. The molecule has 0 spiro atoms. The summed E-state index contributed by atoms with van der Waals surface area (Å²) in [5.41, 5.74) is 0.381. The first-order valence-electron chi connectivity index (χ1n) is 7.80. The van der Waals surface area contributed by atoms with Crippen LogP contribution in [0.4, 0.5) is 11.4 Å². The highest BCUT2D eigenvalue weighted by atomic mass is 16.6. The van der Waals surface area contributed by atoms with Crippen LogP contribution in [0.25, 0.3) is 0 Å². The number of esters is 1. The molecule has 2 rings (SSSR count). The predicted octanol–water partition coefficient (Wildman–Crippen LogP) is 2.72. The summed E-state index contributed by atoms with van der Waals surface area (Å²) in [6.45, 7) is 0.882. The number of rotatable bonds is 7. The normalized spacial score (nSPS) is 10.0. The van der Waals surface area contributed by atoms with Crippen molar-refractivity contribution in [2.45, 2.75) is 6.92 Å². The van der Waals surface area contributed by atoms with E-state index < -0.39 is 23.4 Å². The molecule has 0 heterocycles. The molecule has 142 valence electrons. The Morgan fingerprint density at radius 1 is 1.15 bits per heavy atom. The zero-order chi connectivity index (χ0) is 20.0. The molecule has 0 saturated heterocycles. The smallest absolute Gasteiger partial charge is 0.339 e. The maximum Gasteiger partial charge on any atom is 0.339 e. The summed E-state index contributed by atoms with van der Waals surface area (Å²) in [5.74, 6) is -0.482. The maximum atomic E-state index is 12.1. The quantitative estimate of drug-likeness (QED) is 0.450. The van der Waals surface area contributed by atoms with E-state index in [4.69, 9.17) is 14.2 Å². The molecule has 9 heteroatoms. The van der Waals surface area contributed by atoms with E-state index >= 15 is 0 Å². The second kappa shape index (κ2) is 8.65. The first-order chi connectivity index (χ1) is 12.9. The van der Waals surface area contributed by atoms with Crippen LogP contribution in [0.1, 0.15) is 15.9 Å². The number of hydrogen-bond donors (Lipinski definition) is 1. The van der Waals surface area contributed by atoms with Crippen molar-refractivity contribution < 1.29 is 28.7 Å².